The zero-order valence-corrected chi connectivity index (χ0v) is 22.1. The Labute approximate surface area is 208 Å². The highest BCUT2D eigenvalue weighted by Crippen LogP contribution is 2.45. The predicted molar refractivity (Wildman–Crippen MR) is 140 cm³/mol. The molecule has 2 saturated carbocycles. The molecule has 3 rings (SSSR count). The van der Waals surface area contributed by atoms with E-state index in [-0.39, 0.29) is 11.7 Å². The van der Waals surface area contributed by atoms with Crippen LogP contribution in [0.1, 0.15) is 141 Å². The molecule has 0 saturated heterocycles. The molecule has 0 unspecified atom stereocenters. The van der Waals surface area contributed by atoms with Crippen molar-refractivity contribution in [2.24, 2.45) is 17.8 Å². The molecule has 0 spiro atoms. The Morgan fingerprint density at radius 3 is 1.94 bits per heavy atom. The molecule has 0 heterocycles. The summed E-state index contributed by atoms with van der Waals surface area (Å²) in [6, 6.07) is 3.46. The normalized spacial score (nSPS) is 25.4. The second-order valence-electron chi connectivity index (χ2n) is 11.3. The molecule has 34 heavy (non-hydrogen) atoms. The lowest BCUT2D eigenvalue weighted by atomic mass is 9.68. The third kappa shape index (κ3) is 8.23. The first kappa shape index (κ1) is 27.5. The molecule has 1 nitrogen and oxygen atoms in total. The third-order valence-electron chi connectivity index (χ3n) is 8.82. The average Bonchev–Trinajstić information content (AvgIpc) is 2.87. The molecule has 0 bridgehead atoms. The fourth-order valence-electron chi connectivity index (χ4n) is 6.57. The summed E-state index contributed by atoms with van der Waals surface area (Å²) < 4.78 is 35.2. The van der Waals surface area contributed by atoms with Gasteiger partial charge in [-0.05, 0) is 80.2 Å². The van der Waals surface area contributed by atoms with E-state index in [9.17, 15) is 8.78 Å². The summed E-state index contributed by atoms with van der Waals surface area (Å²) in [7, 11) is 0. The minimum absolute atomic E-state index is 0.0826. The molecule has 0 aliphatic heterocycles. The first-order valence-corrected chi connectivity index (χ1v) is 14.7. The molecule has 0 radical (unpaired) electrons. The number of halogens is 2. The summed E-state index contributed by atoms with van der Waals surface area (Å²) in [6.45, 7) is 4.96. The molecule has 0 atom stereocenters. The molecule has 1 aromatic rings. The molecular weight excluding hydrogens is 426 g/mol. The van der Waals surface area contributed by atoms with Crippen LogP contribution in [0.25, 0.3) is 0 Å². The van der Waals surface area contributed by atoms with Crippen LogP contribution in [0.15, 0.2) is 12.1 Å². The fraction of sp³-hybridized carbons (Fsp3) is 0.806. The largest absolute Gasteiger partial charge is 0.490 e. The first-order valence-electron chi connectivity index (χ1n) is 14.7. The SMILES string of the molecule is CCCCCCCCOc1ccc(C2CCC(C3CCC(CCCCC)CC3)CC2)c(F)c1F. The van der Waals surface area contributed by atoms with Gasteiger partial charge < -0.3 is 4.74 Å². The van der Waals surface area contributed by atoms with Crippen LogP contribution in [0.2, 0.25) is 0 Å². The van der Waals surface area contributed by atoms with E-state index in [1.807, 2.05) is 0 Å². The van der Waals surface area contributed by atoms with E-state index in [1.54, 1.807) is 12.1 Å². The number of hydrogen-bond donors (Lipinski definition) is 0. The highest BCUT2D eigenvalue weighted by molar-refractivity contribution is 5.33. The Hall–Kier alpha value is -1.12. The lowest BCUT2D eigenvalue weighted by molar-refractivity contribution is 0.155. The van der Waals surface area contributed by atoms with E-state index in [2.05, 4.69) is 13.8 Å². The molecule has 2 aliphatic rings. The zero-order valence-electron chi connectivity index (χ0n) is 22.1. The summed E-state index contributed by atoms with van der Waals surface area (Å²) in [4.78, 5) is 0. The Bertz CT molecular complexity index is 687. The van der Waals surface area contributed by atoms with Crippen molar-refractivity contribution in [1.29, 1.82) is 0 Å². The van der Waals surface area contributed by atoms with Crippen molar-refractivity contribution in [3.8, 4) is 5.75 Å². The minimum Gasteiger partial charge on any atom is -0.490 e. The van der Waals surface area contributed by atoms with Gasteiger partial charge in [-0.15, -0.1) is 0 Å². The van der Waals surface area contributed by atoms with Crippen LogP contribution in [-0.4, -0.2) is 6.61 Å². The summed E-state index contributed by atoms with van der Waals surface area (Å²) in [5.74, 6) is 1.40. The van der Waals surface area contributed by atoms with E-state index in [0.29, 0.717) is 12.2 Å². The van der Waals surface area contributed by atoms with Crippen molar-refractivity contribution < 1.29 is 13.5 Å². The molecule has 1 aromatic carbocycles. The lowest BCUT2D eigenvalue weighted by Gasteiger charge is -2.38. The van der Waals surface area contributed by atoms with Gasteiger partial charge in [0.2, 0.25) is 5.82 Å². The van der Waals surface area contributed by atoms with E-state index in [0.717, 1.165) is 43.4 Å². The minimum atomic E-state index is -0.785. The molecule has 194 valence electrons. The van der Waals surface area contributed by atoms with Gasteiger partial charge in [-0.25, -0.2) is 4.39 Å². The molecule has 0 aromatic heterocycles. The number of unbranched alkanes of at least 4 members (excludes halogenated alkanes) is 7. The standard InChI is InChI=1S/C31H50F2O/c1-3-5-7-8-9-11-23-34-29-22-21-28(30(32)31(29)33)27-19-17-26(18-20-27)25-15-13-24(14-16-25)12-10-6-4-2/h21-22,24-27H,3-20,23H2,1-2H3. The number of benzene rings is 1. The first-order chi connectivity index (χ1) is 16.6. The van der Waals surface area contributed by atoms with Gasteiger partial charge in [0.05, 0.1) is 6.61 Å². The van der Waals surface area contributed by atoms with Crippen LogP contribution in [0, 0.1) is 29.4 Å². The van der Waals surface area contributed by atoms with Crippen molar-refractivity contribution in [3.05, 3.63) is 29.3 Å². The topological polar surface area (TPSA) is 9.23 Å². The van der Waals surface area contributed by atoms with Gasteiger partial charge >= 0.3 is 0 Å². The molecule has 2 fully saturated rings. The molecule has 0 amide bonds. The molecule has 3 heteroatoms. The lowest BCUT2D eigenvalue weighted by Crippen LogP contribution is -2.25. The van der Waals surface area contributed by atoms with E-state index in [1.165, 1.54) is 89.9 Å². The highest BCUT2D eigenvalue weighted by atomic mass is 19.2. The monoisotopic (exact) mass is 476 g/mol. The summed E-state index contributed by atoms with van der Waals surface area (Å²) in [5, 5.41) is 0. The van der Waals surface area contributed by atoms with Gasteiger partial charge in [0.1, 0.15) is 0 Å². The van der Waals surface area contributed by atoms with Crippen molar-refractivity contribution >= 4 is 0 Å². The summed E-state index contributed by atoms with van der Waals surface area (Å²) in [5.41, 5.74) is 0.572. The van der Waals surface area contributed by atoms with Crippen molar-refractivity contribution in [2.75, 3.05) is 6.61 Å². The zero-order chi connectivity index (χ0) is 24.2. The van der Waals surface area contributed by atoms with Gasteiger partial charge in [-0.2, -0.15) is 4.39 Å². The highest BCUT2D eigenvalue weighted by Gasteiger charge is 2.32. The Morgan fingerprint density at radius 1 is 0.676 bits per heavy atom. The van der Waals surface area contributed by atoms with Gasteiger partial charge in [-0.1, -0.05) is 90.5 Å². The summed E-state index contributed by atoms with van der Waals surface area (Å²) >= 11 is 0. The van der Waals surface area contributed by atoms with Crippen LogP contribution in [-0.2, 0) is 0 Å². The van der Waals surface area contributed by atoms with Crippen LogP contribution >= 0.6 is 0 Å². The van der Waals surface area contributed by atoms with Crippen LogP contribution in [0.3, 0.4) is 0 Å². The van der Waals surface area contributed by atoms with Crippen LogP contribution in [0.5, 0.6) is 5.75 Å². The van der Waals surface area contributed by atoms with Gasteiger partial charge in [0.15, 0.2) is 11.6 Å². The van der Waals surface area contributed by atoms with Crippen molar-refractivity contribution in [2.45, 2.75) is 135 Å². The smallest absolute Gasteiger partial charge is 0.200 e. The third-order valence-corrected chi connectivity index (χ3v) is 8.82. The number of hydrogen-bond acceptors (Lipinski definition) is 1. The maximum absolute atomic E-state index is 14.9. The number of rotatable bonds is 14. The predicted octanol–water partition coefficient (Wildman–Crippen LogP) is 10.4. The average molecular weight is 477 g/mol. The van der Waals surface area contributed by atoms with Gasteiger partial charge in [0.25, 0.3) is 0 Å². The molecular formula is C31H50F2O. The molecule has 2 aliphatic carbocycles. The maximum atomic E-state index is 14.9. The summed E-state index contributed by atoms with van der Waals surface area (Å²) in [6.07, 6.45) is 22.4. The van der Waals surface area contributed by atoms with E-state index < -0.39 is 11.6 Å². The van der Waals surface area contributed by atoms with Crippen LogP contribution in [0.4, 0.5) is 8.78 Å². The van der Waals surface area contributed by atoms with E-state index >= 15 is 0 Å². The Morgan fingerprint density at radius 2 is 1.26 bits per heavy atom. The second kappa shape index (κ2) is 15.1. The van der Waals surface area contributed by atoms with Crippen molar-refractivity contribution in [3.63, 3.8) is 0 Å². The fourth-order valence-corrected chi connectivity index (χ4v) is 6.57. The number of ether oxygens (including phenoxy) is 1. The maximum Gasteiger partial charge on any atom is 0.200 e. The Balaban J connectivity index is 1.40. The molecule has 0 N–H and O–H groups in total. The van der Waals surface area contributed by atoms with E-state index in [4.69, 9.17) is 4.74 Å². The van der Waals surface area contributed by atoms with Crippen molar-refractivity contribution in [1.82, 2.24) is 0 Å². The van der Waals surface area contributed by atoms with Gasteiger partial charge in [0, 0.05) is 0 Å². The Kier molecular flexibility index (Phi) is 12.2. The van der Waals surface area contributed by atoms with Crippen LogP contribution < -0.4 is 4.74 Å². The van der Waals surface area contributed by atoms with Gasteiger partial charge in [-0.3, -0.25) is 0 Å². The quantitative estimate of drug-likeness (QED) is 0.243. The second-order valence-corrected chi connectivity index (χ2v) is 11.3.